The molecule has 1 aromatic rings. The molecule has 3 heteroatoms. The van der Waals surface area contributed by atoms with Crippen molar-refractivity contribution in [2.75, 3.05) is 5.73 Å². The standard InChI is InChI=1S/C9H12N2O/c10-7-4-8(6-2-1-3-6)11-9(12)5-7/h4-6H,1-3H2,(H3,10,11,12). The van der Waals surface area contributed by atoms with E-state index in [4.69, 9.17) is 5.73 Å². The molecule has 0 spiro atoms. The van der Waals surface area contributed by atoms with Gasteiger partial charge in [0.15, 0.2) is 0 Å². The van der Waals surface area contributed by atoms with Gasteiger partial charge in [-0.2, -0.15) is 0 Å². The molecule has 64 valence electrons. The third-order valence-electron chi connectivity index (χ3n) is 2.43. The van der Waals surface area contributed by atoms with Crippen LogP contribution in [0.25, 0.3) is 0 Å². The van der Waals surface area contributed by atoms with Crippen LogP contribution >= 0.6 is 0 Å². The van der Waals surface area contributed by atoms with Crippen molar-refractivity contribution in [3.63, 3.8) is 0 Å². The first-order valence-electron chi connectivity index (χ1n) is 4.25. The van der Waals surface area contributed by atoms with E-state index < -0.39 is 0 Å². The first-order chi connectivity index (χ1) is 5.75. The van der Waals surface area contributed by atoms with E-state index in [-0.39, 0.29) is 5.56 Å². The molecule has 0 atom stereocenters. The summed E-state index contributed by atoms with van der Waals surface area (Å²) >= 11 is 0. The molecular formula is C9H12N2O. The molecule has 0 saturated heterocycles. The van der Waals surface area contributed by atoms with E-state index in [1.54, 1.807) is 0 Å². The van der Waals surface area contributed by atoms with Gasteiger partial charge in [0.05, 0.1) is 0 Å². The predicted molar refractivity (Wildman–Crippen MR) is 48.1 cm³/mol. The Balaban J connectivity index is 2.36. The van der Waals surface area contributed by atoms with Gasteiger partial charge < -0.3 is 10.7 Å². The van der Waals surface area contributed by atoms with Crippen LogP contribution in [-0.2, 0) is 0 Å². The van der Waals surface area contributed by atoms with Gasteiger partial charge in [0.1, 0.15) is 0 Å². The minimum Gasteiger partial charge on any atom is -0.399 e. The van der Waals surface area contributed by atoms with E-state index in [0.717, 1.165) is 5.69 Å². The fourth-order valence-electron chi connectivity index (χ4n) is 1.53. The van der Waals surface area contributed by atoms with Crippen molar-refractivity contribution in [2.24, 2.45) is 0 Å². The van der Waals surface area contributed by atoms with Crippen molar-refractivity contribution in [3.05, 3.63) is 28.2 Å². The molecule has 0 amide bonds. The van der Waals surface area contributed by atoms with E-state index >= 15 is 0 Å². The Morgan fingerprint density at radius 3 is 2.67 bits per heavy atom. The summed E-state index contributed by atoms with van der Waals surface area (Å²) in [5.74, 6) is 0.543. The Labute approximate surface area is 70.6 Å². The molecule has 1 aliphatic rings. The Hall–Kier alpha value is -1.25. The lowest BCUT2D eigenvalue weighted by molar-refractivity contribution is 0.410. The molecule has 3 nitrogen and oxygen atoms in total. The first-order valence-corrected chi connectivity index (χ1v) is 4.25. The number of rotatable bonds is 1. The Morgan fingerprint density at radius 1 is 1.42 bits per heavy atom. The van der Waals surface area contributed by atoms with E-state index in [1.165, 1.54) is 25.3 Å². The fourth-order valence-corrected chi connectivity index (χ4v) is 1.53. The van der Waals surface area contributed by atoms with Crippen molar-refractivity contribution in [1.82, 2.24) is 4.98 Å². The van der Waals surface area contributed by atoms with E-state index in [0.29, 0.717) is 11.6 Å². The van der Waals surface area contributed by atoms with Gasteiger partial charge in [-0.1, -0.05) is 6.42 Å². The van der Waals surface area contributed by atoms with Crippen molar-refractivity contribution in [1.29, 1.82) is 0 Å². The zero-order valence-electron chi connectivity index (χ0n) is 6.84. The Kier molecular flexibility index (Phi) is 1.64. The molecule has 0 aromatic carbocycles. The fraction of sp³-hybridized carbons (Fsp3) is 0.444. The largest absolute Gasteiger partial charge is 0.399 e. The first kappa shape index (κ1) is 7.40. The number of hydrogen-bond donors (Lipinski definition) is 2. The van der Waals surface area contributed by atoms with Gasteiger partial charge in [0, 0.05) is 17.4 Å². The lowest BCUT2D eigenvalue weighted by Crippen LogP contribution is -2.16. The highest BCUT2D eigenvalue weighted by Gasteiger charge is 2.20. The highest BCUT2D eigenvalue weighted by atomic mass is 16.1. The number of H-pyrrole nitrogens is 1. The van der Waals surface area contributed by atoms with E-state index in [2.05, 4.69) is 4.98 Å². The Morgan fingerprint density at radius 2 is 2.17 bits per heavy atom. The summed E-state index contributed by atoms with van der Waals surface area (Å²) in [6.07, 6.45) is 3.63. The zero-order valence-corrected chi connectivity index (χ0v) is 6.84. The lowest BCUT2D eigenvalue weighted by atomic mass is 9.82. The average molecular weight is 164 g/mol. The molecular weight excluding hydrogens is 152 g/mol. The SMILES string of the molecule is Nc1cc(C2CCC2)[nH]c(=O)c1. The summed E-state index contributed by atoms with van der Waals surface area (Å²) in [7, 11) is 0. The number of aromatic amines is 1. The molecule has 1 aliphatic carbocycles. The molecule has 1 saturated carbocycles. The molecule has 3 N–H and O–H groups in total. The van der Waals surface area contributed by atoms with Gasteiger partial charge in [-0.25, -0.2) is 0 Å². The summed E-state index contributed by atoms with van der Waals surface area (Å²) < 4.78 is 0. The van der Waals surface area contributed by atoms with Crippen LogP contribution in [0.3, 0.4) is 0 Å². The van der Waals surface area contributed by atoms with Gasteiger partial charge in [0.25, 0.3) is 0 Å². The maximum absolute atomic E-state index is 11.0. The molecule has 1 fully saturated rings. The van der Waals surface area contributed by atoms with Gasteiger partial charge >= 0.3 is 0 Å². The monoisotopic (exact) mass is 164 g/mol. The highest BCUT2D eigenvalue weighted by molar-refractivity contribution is 5.38. The van der Waals surface area contributed by atoms with Crippen LogP contribution in [-0.4, -0.2) is 4.98 Å². The molecule has 1 aromatic heterocycles. The van der Waals surface area contributed by atoms with Crippen LogP contribution in [0, 0.1) is 0 Å². The molecule has 1 heterocycles. The number of pyridine rings is 1. The van der Waals surface area contributed by atoms with Crippen molar-refractivity contribution >= 4 is 5.69 Å². The van der Waals surface area contributed by atoms with E-state index in [9.17, 15) is 4.79 Å². The summed E-state index contributed by atoms with van der Waals surface area (Å²) in [5, 5.41) is 0. The van der Waals surface area contributed by atoms with E-state index in [1.807, 2.05) is 6.07 Å². The molecule has 0 unspecified atom stereocenters. The number of nitrogens with one attached hydrogen (secondary N) is 1. The summed E-state index contributed by atoms with van der Waals surface area (Å²) in [5.41, 5.74) is 7.05. The zero-order chi connectivity index (χ0) is 8.55. The van der Waals surface area contributed by atoms with Gasteiger partial charge in [-0.15, -0.1) is 0 Å². The minimum atomic E-state index is -0.0862. The minimum absolute atomic E-state index is 0.0862. The van der Waals surface area contributed by atoms with Crippen molar-refractivity contribution in [2.45, 2.75) is 25.2 Å². The molecule has 0 radical (unpaired) electrons. The normalized spacial score (nSPS) is 17.3. The quantitative estimate of drug-likeness (QED) is 0.655. The van der Waals surface area contributed by atoms with Gasteiger partial charge in [-0.3, -0.25) is 4.79 Å². The summed E-state index contributed by atoms with van der Waals surface area (Å²) in [6.45, 7) is 0. The van der Waals surface area contributed by atoms with Crippen LogP contribution in [0.5, 0.6) is 0 Å². The molecule has 12 heavy (non-hydrogen) atoms. The lowest BCUT2D eigenvalue weighted by Gasteiger charge is -2.25. The maximum atomic E-state index is 11.0. The summed E-state index contributed by atoms with van der Waals surface area (Å²) in [6, 6.07) is 3.29. The second kappa shape index (κ2) is 2.66. The topological polar surface area (TPSA) is 58.9 Å². The smallest absolute Gasteiger partial charge is 0.250 e. The highest BCUT2D eigenvalue weighted by Crippen LogP contribution is 2.35. The third-order valence-corrected chi connectivity index (χ3v) is 2.43. The summed E-state index contributed by atoms with van der Waals surface area (Å²) in [4.78, 5) is 13.8. The van der Waals surface area contributed by atoms with Crippen LogP contribution in [0.4, 0.5) is 5.69 Å². The van der Waals surface area contributed by atoms with Crippen LogP contribution < -0.4 is 11.3 Å². The van der Waals surface area contributed by atoms with Gasteiger partial charge in [0.2, 0.25) is 5.56 Å². The number of nitrogen functional groups attached to an aromatic ring is 1. The number of hydrogen-bond acceptors (Lipinski definition) is 2. The third kappa shape index (κ3) is 1.22. The van der Waals surface area contributed by atoms with Crippen molar-refractivity contribution in [3.8, 4) is 0 Å². The Bertz CT molecular complexity index is 339. The van der Waals surface area contributed by atoms with Gasteiger partial charge in [-0.05, 0) is 24.8 Å². The molecule has 0 bridgehead atoms. The van der Waals surface area contributed by atoms with Crippen molar-refractivity contribution < 1.29 is 0 Å². The number of nitrogens with two attached hydrogens (primary N) is 1. The van der Waals surface area contributed by atoms with Crippen LogP contribution in [0.15, 0.2) is 16.9 Å². The second-order valence-electron chi connectivity index (χ2n) is 3.36. The second-order valence-corrected chi connectivity index (χ2v) is 3.36. The maximum Gasteiger partial charge on any atom is 0.250 e. The van der Waals surface area contributed by atoms with Crippen LogP contribution in [0.1, 0.15) is 30.9 Å². The predicted octanol–water partition coefficient (Wildman–Crippen LogP) is 1.22. The molecule has 0 aliphatic heterocycles. The van der Waals surface area contributed by atoms with Crippen LogP contribution in [0.2, 0.25) is 0 Å². The molecule has 2 rings (SSSR count). The average Bonchev–Trinajstić information content (AvgIpc) is 1.79. The number of aromatic nitrogens is 1. The number of anilines is 1.